The highest BCUT2D eigenvalue weighted by Crippen LogP contribution is 2.25. The van der Waals surface area contributed by atoms with Crippen molar-refractivity contribution in [2.45, 2.75) is 13.0 Å². The summed E-state index contributed by atoms with van der Waals surface area (Å²) >= 11 is 0. The monoisotopic (exact) mass is 213 g/mol. The predicted octanol–water partition coefficient (Wildman–Crippen LogP) is 1.84. The van der Waals surface area contributed by atoms with Gasteiger partial charge < -0.3 is 10.6 Å². The first kappa shape index (κ1) is 10.2. The molecular weight excluding hydrogens is 202 g/mol. The fraction of sp³-hybridized carbons (Fsp3) is 0.167. The van der Waals surface area contributed by atoms with Gasteiger partial charge in [0, 0.05) is 5.70 Å². The first-order valence-electron chi connectivity index (χ1n) is 4.95. The van der Waals surface area contributed by atoms with E-state index in [1.165, 1.54) is 0 Å². The van der Waals surface area contributed by atoms with E-state index in [2.05, 4.69) is 16.7 Å². The van der Waals surface area contributed by atoms with Crippen LogP contribution in [0.2, 0.25) is 0 Å². The molecule has 1 atom stereocenters. The van der Waals surface area contributed by atoms with Crippen LogP contribution in [0, 0.1) is 11.3 Å². The molecule has 16 heavy (non-hydrogen) atoms. The summed E-state index contributed by atoms with van der Waals surface area (Å²) in [4.78, 5) is 11.4. The molecule has 1 heterocycles. The predicted molar refractivity (Wildman–Crippen MR) is 59.2 cm³/mol. The quantitative estimate of drug-likeness (QED) is 0.747. The summed E-state index contributed by atoms with van der Waals surface area (Å²) in [5, 5.41) is 14.4. The molecule has 4 heteroatoms. The number of carbonyl (C=O) groups is 1. The zero-order valence-electron chi connectivity index (χ0n) is 8.82. The number of nitrogens with zero attached hydrogens (tertiary/aromatic N) is 1. The minimum absolute atomic E-state index is 0.273. The topological polar surface area (TPSA) is 64.9 Å². The normalized spacial score (nSPS) is 19.8. The Morgan fingerprint density at radius 1 is 1.31 bits per heavy atom. The Labute approximate surface area is 93.6 Å². The molecule has 0 bridgehead atoms. The molecule has 1 aliphatic rings. The van der Waals surface area contributed by atoms with E-state index in [0.717, 1.165) is 5.56 Å². The number of rotatable bonds is 1. The average molecular weight is 213 g/mol. The standard InChI is InChI=1S/C12H11N3O/c1-8-10(7-13)11(15-12(16)14-8)9-5-3-2-4-6-9/h2-6,11H,1H3,(H2,14,15,16)/t11-/m1/s1. The molecule has 0 fully saturated rings. The highest BCUT2D eigenvalue weighted by atomic mass is 16.2. The summed E-state index contributed by atoms with van der Waals surface area (Å²) < 4.78 is 0. The molecule has 0 spiro atoms. The molecule has 1 aliphatic heterocycles. The minimum Gasteiger partial charge on any atom is -0.326 e. The summed E-state index contributed by atoms with van der Waals surface area (Å²) in [5.74, 6) is 0. The van der Waals surface area contributed by atoms with Gasteiger partial charge in [-0.2, -0.15) is 5.26 Å². The molecule has 0 aliphatic carbocycles. The van der Waals surface area contributed by atoms with Crippen LogP contribution in [0.4, 0.5) is 4.79 Å². The van der Waals surface area contributed by atoms with Crippen molar-refractivity contribution in [2.24, 2.45) is 0 Å². The van der Waals surface area contributed by atoms with Gasteiger partial charge in [0.05, 0.1) is 17.7 Å². The summed E-state index contributed by atoms with van der Waals surface area (Å²) in [7, 11) is 0. The second-order valence-corrected chi connectivity index (χ2v) is 3.59. The molecule has 0 aromatic heterocycles. The Bertz CT molecular complexity index is 485. The van der Waals surface area contributed by atoms with Crippen LogP contribution >= 0.6 is 0 Å². The van der Waals surface area contributed by atoms with Crippen LogP contribution in [0.15, 0.2) is 41.6 Å². The van der Waals surface area contributed by atoms with Gasteiger partial charge in [-0.15, -0.1) is 0 Å². The van der Waals surface area contributed by atoms with Crippen LogP contribution < -0.4 is 10.6 Å². The van der Waals surface area contributed by atoms with E-state index in [0.29, 0.717) is 11.3 Å². The molecule has 0 unspecified atom stereocenters. The van der Waals surface area contributed by atoms with Crippen LogP contribution in [0.3, 0.4) is 0 Å². The number of amides is 2. The fourth-order valence-electron chi connectivity index (χ4n) is 1.74. The second-order valence-electron chi connectivity index (χ2n) is 3.59. The largest absolute Gasteiger partial charge is 0.326 e. The summed E-state index contributed by atoms with van der Waals surface area (Å²) in [6.07, 6.45) is 0. The first-order valence-corrected chi connectivity index (χ1v) is 4.95. The lowest BCUT2D eigenvalue weighted by atomic mass is 9.97. The summed E-state index contributed by atoms with van der Waals surface area (Å²) in [6.45, 7) is 1.73. The SMILES string of the molecule is CC1=C(C#N)[C@@H](c2ccccc2)NC(=O)N1. The molecule has 80 valence electrons. The molecule has 1 aromatic rings. The van der Waals surface area contributed by atoms with Crippen molar-refractivity contribution in [1.82, 2.24) is 10.6 Å². The van der Waals surface area contributed by atoms with Gasteiger partial charge in [0.15, 0.2) is 0 Å². The Hall–Kier alpha value is -2.28. The van der Waals surface area contributed by atoms with Crippen molar-refractivity contribution in [2.75, 3.05) is 0 Å². The van der Waals surface area contributed by atoms with E-state index in [-0.39, 0.29) is 12.1 Å². The van der Waals surface area contributed by atoms with E-state index in [9.17, 15) is 4.79 Å². The Morgan fingerprint density at radius 3 is 2.62 bits per heavy atom. The Kier molecular flexibility index (Phi) is 2.61. The molecule has 2 amide bonds. The minimum atomic E-state index is -0.347. The van der Waals surface area contributed by atoms with Crippen LogP contribution in [0.1, 0.15) is 18.5 Å². The lowest BCUT2D eigenvalue weighted by molar-refractivity contribution is 0.239. The number of urea groups is 1. The lowest BCUT2D eigenvalue weighted by Crippen LogP contribution is -2.43. The maximum atomic E-state index is 11.4. The molecule has 4 nitrogen and oxygen atoms in total. The third kappa shape index (κ3) is 1.75. The van der Waals surface area contributed by atoms with Crippen molar-refractivity contribution in [1.29, 1.82) is 5.26 Å². The maximum absolute atomic E-state index is 11.4. The first-order chi connectivity index (χ1) is 7.72. The van der Waals surface area contributed by atoms with E-state index < -0.39 is 0 Å². The van der Waals surface area contributed by atoms with Crippen molar-refractivity contribution >= 4 is 6.03 Å². The third-order valence-electron chi connectivity index (χ3n) is 2.52. The molecule has 0 saturated heterocycles. The van der Waals surface area contributed by atoms with Crippen LogP contribution in [0.5, 0.6) is 0 Å². The highest BCUT2D eigenvalue weighted by Gasteiger charge is 2.25. The number of hydrogen-bond acceptors (Lipinski definition) is 2. The molecule has 2 rings (SSSR count). The highest BCUT2D eigenvalue weighted by molar-refractivity contribution is 5.79. The van der Waals surface area contributed by atoms with Crippen molar-refractivity contribution in [3.05, 3.63) is 47.2 Å². The third-order valence-corrected chi connectivity index (χ3v) is 2.52. The van der Waals surface area contributed by atoms with E-state index in [1.807, 2.05) is 30.3 Å². The van der Waals surface area contributed by atoms with Crippen LogP contribution in [-0.2, 0) is 0 Å². The number of carbonyl (C=O) groups excluding carboxylic acids is 1. The lowest BCUT2D eigenvalue weighted by Gasteiger charge is -2.25. The van der Waals surface area contributed by atoms with Gasteiger partial charge in [0.1, 0.15) is 0 Å². The number of benzene rings is 1. The van der Waals surface area contributed by atoms with Crippen molar-refractivity contribution < 1.29 is 4.79 Å². The van der Waals surface area contributed by atoms with Gasteiger partial charge in [-0.25, -0.2) is 4.79 Å². The molecule has 0 radical (unpaired) electrons. The Balaban J connectivity index is 2.45. The maximum Gasteiger partial charge on any atom is 0.319 e. The van der Waals surface area contributed by atoms with Crippen LogP contribution in [0.25, 0.3) is 0 Å². The number of allylic oxidation sites excluding steroid dienone is 1. The molecule has 1 aromatic carbocycles. The fourth-order valence-corrected chi connectivity index (χ4v) is 1.74. The van der Waals surface area contributed by atoms with Crippen molar-refractivity contribution in [3.8, 4) is 6.07 Å². The second kappa shape index (κ2) is 4.07. The van der Waals surface area contributed by atoms with Gasteiger partial charge in [-0.05, 0) is 12.5 Å². The van der Waals surface area contributed by atoms with E-state index in [1.54, 1.807) is 6.92 Å². The van der Waals surface area contributed by atoms with Crippen molar-refractivity contribution in [3.63, 3.8) is 0 Å². The van der Waals surface area contributed by atoms with E-state index >= 15 is 0 Å². The van der Waals surface area contributed by atoms with Gasteiger partial charge in [-0.1, -0.05) is 30.3 Å². The summed E-state index contributed by atoms with van der Waals surface area (Å²) in [5.41, 5.74) is 2.07. The molecular formula is C12H11N3O. The van der Waals surface area contributed by atoms with Gasteiger partial charge in [0.25, 0.3) is 0 Å². The van der Waals surface area contributed by atoms with Gasteiger partial charge in [0.2, 0.25) is 0 Å². The number of hydrogen-bond donors (Lipinski definition) is 2. The average Bonchev–Trinajstić information content (AvgIpc) is 2.29. The number of nitriles is 1. The molecule has 2 N–H and O–H groups in total. The van der Waals surface area contributed by atoms with Gasteiger partial charge in [-0.3, -0.25) is 0 Å². The Morgan fingerprint density at radius 2 is 2.00 bits per heavy atom. The molecule has 0 saturated carbocycles. The summed E-state index contributed by atoms with van der Waals surface area (Å²) in [6, 6.07) is 10.9. The number of nitrogens with one attached hydrogen (secondary N) is 2. The van der Waals surface area contributed by atoms with Gasteiger partial charge >= 0.3 is 6.03 Å². The van der Waals surface area contributed by atoms with E-state index in [4.69, 9.17) is 5.26 Å². The zero-order valence-corrected chi connectivity index (χ0v) is 8.82. The zero-order chi connectivity index (χ0) is 11.5. The van der Waals surface area contributed by atoms with Crippen LogP contribution in [-0.4, -0.2) is 6.03 Å². The smallest absolute Gasteiger partial charge is 0.319 e.